The monoisotopic (exact) mass is 385 g/mol. The van der Waals surface area contributed by atoms with Gasteiger partial charge in [0.2, 0.25) is 0 Å². The van der Waals surface area contributed by atoms with E-state index in [1.165, 1.54) is 7.11 Å². The van der Waals surface area contributed by atoms with E-state index >= 15 is 0 Å². The highest BCUT2D eigenvalue weighted by molar-refractivity contribution is 5.92. The fourth-order valence-corrected chi connectivity index (χ4v) is 2.76. The van der Waals surface area contributed by atoms with Gasteiger partial charge in [-0.3, -0.25) is 4.79 Å². The summed E-state index contributed by atoms with van der Waals surface area (Å²) < 4.78 is 21.4. The van der Waals surface area contributed by atoms with Gasteiger partial charge in [-0.05, 0) is 23.8 Å². The number of morpholine rings is 1. The molecule has 0 spiro atoms. The second kappa shape index (κ2) is 9.75. The molecule has 1 saturated heterocycles. The minimum absolute atomic E-state index is 0.230. The van der Waals surface area contributed by atoms with Crippen LogP contribution in [0.15, 0.2) is 48.5 Å². The third-order valence-corrected chi connectivity index (χ3v) is 4.33. The number of benzene rings is 2. The van der Waals surface area contributed by atoms with Crippen molar-refractivity contribution < 1.29 is 28.5 Å². The van der Waals surface area contributed by atoms with Crippen LogP contribution in [0.4, 0.5) is 0 Å². The summed E-state index contributed by atoms with van der Waals surface area (Å²) in [6.45, 7) is 2.11. The Hall–Kier alpha value is -3.06. The Balaban J connectivity index is 1.57. The highest BCUT2D eigenvalue weighted by Gasteiger charge is 2.19. The van der Waals surface area contributed by atoms with Gasteiger partial charge in [-0.25, -0.2) is 4.79 Å². The molecule has 0 aliphatic carbocycles. The van der Waals surface area contributed by atoms with Crippen LogP contribution in [-0.4, -0.2) is 56.8 Å². The standard InChI is InChI=1S/C21H23NO6/c1-25-19-13-17(7-8-18(19)27-14-16-5-3-2-4-6-16)21(24)28-15-20(23)22-9-11-26-12-10-22/h2-8,13H,9-12,14-15H2,1H3. The number of esters is 1. The van der Waals surface area contributed by atoms with Crippen molar-refractivity contribution in [2.75, 3.05) is 40.0 Å². The summed E-state index contributed by atoms with van der Waals surface area (Å²) in [5, 5.41) is 0. The van der Waals surface area contributed by atoms with Crippen LogP contribution in [0.5, 0.6) is 11.5 Å². The Kier molecular flexibility index (Phi) is 6.86. The molecule has 148 valence electrons. The smallest absolute Gasteiger partial charge is 0.338 e. The Morgan fingerprint density at radius 1 is 1.04 bits per heavy atom. The van der Waals surface area contributed by atoms with Crippen LogP contribution in [-0.2, 0) is 20.9 Å². The second-order valence-electron chi connectivity index (χ2n) is 6.21. The molecule has 7 nitrogen and oxygen atoms in total. The summed E-state index contributed by atoms with van der Waals surface area (Å²) in [5.74, 6) is 0.123. The molecule has 0 N–H and O–H groups in total. The number of carbonyl (C=O) groups is 2. The summed E-state index contributed by atoms with van der Waals surface area (Å²) in [6.07, 6.45) is 0. The van der Waals surface area contributed by atoms with Crippen molar-refractivity contribution in [1.29, 1.82) is 0 Å². The number of methoxy groups -OCH3 is 1. The minimum Gasteiger partial charge on any atom is -0.493 e. The molecule has 0 aromatic heterocycles. The summed E-state index contributed by atoms with van der Waals surface area (Å²) in [6, 6.07) is 14.5. The third-order valence-electron chi connectivity index (χ3n) is 4.33. The first-order valence-corrected chi connectivity index (χ1v) is 9.05. The Morgan fingerprint density at radius 3 is 2.50 bits per heavy atom. The Morgan fingerprint density at radius 2 is 1.79 bits per heavy atom. The maximum absolute atomic E-state index is 12.3. The fraction of sp³-hybridized carbons (Fsp3) is 0.333. The average molecular weight is 385 g/mol. The van der Waals surface area contributed by atoms with Gasteiger partial charge in [0.25, 0.3) is 5.91 Å². The lowest BCUT2D eigenvalue weighted by atomic mass is 10.2. The molecule has 1 amide bonds. The lowest BCUT2D eigenvalue weighted by Crippen LogP contribution is -2.42. The highest BCUT2D eigenvalue weighted by Crippen LogP contribution is 2.29. The number of hydrogen-bond donors (Lipinski definition) is 0. The van der Waals surface area contributed by atoms with Gasteiger partial charge < -0.3 is 23.8 Å². The summed E-state index contributed by atoms with van der Waals surface area (Å²) >= 11 is 0. The van der Waals surface area contributed by atoms with E-state index < -0.39 is 5.97 Å². The van der Waals surface area contributed by atoms with Crippen molar-refractivity contribution in [3.63, 3.8) is 0 Å². The quantitative estimate of drug-likeness (QED) is 0.681. The van der Waals surface area contributed by atoms with Crippen LogP contribution < -0.4 is 9.47 Å². The van der Waals surface area contributed by atoms with Gasteiger partial charge in [0.1, 0.15) is 6.61 Å². The summed E-state index contributed by atoms with van der Waals surface area (Å²) in [7, 11) is 1.50. The molecule has 0 bridgehead atoms. The molecule has 1 fully saturated rings. The first-order chi connectivity index (χ1) is 13.7. The van der Waals surface area contributed by atoms with Gasteiger partial charge in [0.15, 0.2) is 18.1 Å². The summed E-state index contributed by atoms with van der Waals surface area (Å²) in [5.41, 5.74) is 1.31. The number of carbonyl (C=O) groups excluding carboxylic acids is 2. The zero-order chi connectivity index (χ0) is 19.8. The molecule has 1 heterocycles. The van der Waals surface area contributed by atoms with Crippen LogP contribution in [0.25, 0.3) is 0 Å². The van der Waals surface area contributed by atoms with Crippen molar-refractivity contribution in [2.24, 2.45) is 0 Å². The molecule has 0 saturated carbocycles. The maximum atomic E-state index is 12.3. The van der Waals surface area contributed by atoms with E-state index in [-0.39, 0.29) is 12.5 Å². The van der Waals surface area contributed by atoms with E-state index in [1.54, 1.807) is 23.1 Å². The number of ether oxygens (including phenoxy) is 4. The third kappa shape index (κ3) is 5.23. The normalized spacial score (nSPS) is 13.7. The van der Waals surface area contributed by atoms with Gasteiger partial charge in [-0.1, -0.05) is 30.3 Å². The number of nitrogens with zero attached hydrogens (tertiary/aromatic N) is 1. The average Bonchev–Trinajstić information content (AvgIpc) is 2.77. The van der Waals surface area contributed by atoms with E-state index in [9.17, 15) is 9.59 Å². The van der Waals surface area contributed by atoms with Crippen molar-refractivity contribution in [3.05, 3.63) is 59.7 Å². The predicted octanol–water partition coefficient (Wildman–Crippen LogP) is 2.29. The van der Waals surface area contributed by atoms with Crippen molar-refractivity contribution in [2.45, 2.75) is 6.61 Å². The largest absolute Gasteiger partial charge is 0.493 e. The lowest BCUT2D eigenvalue weighted by Gasteiger charge is -2.26. The number of amides is 1. The fourth-order valence-electron chi connectivity index (χ4n) is 2.76. The SMILES string of the molecule is COc1cc(C(=O)OCC(=O)N2CCOCC2)ccc1OCc1ccccc1. The lowest BCUT2D eigenvalue weighted by molar-refractivity contribution is -0.138. The van der Waals surface area contributed by atoms with Crippen molar-refractivity contribution in [1.82, 2.24) is 4.90 Å². The van der Waals surface area contributed by atoms with Crippen LogP contribution >= 0.6 is 0 Å². The van der Waals surface area contributed by atoms with Gasteiger partial charge in [0, 0.05) is 13.1 Å². The zero-order valence-electron chi connectivity index (χ0n) is 15.8. The van der Waals surface area contributed by atoms with Crippen LogP contribution in [0.1, 0.15) is 15.9 Å². The van der Waals surface area contributed by atoms with Crippen molar-refractivity contribution in [3.8, 4) is 11.5 Å². The molecule has 3 rings (SSSR count). The van der Waals surface area contributed by atoms with E-state index in [2.05, 4.69) is 0 Å². The summed E-state index contributed by atoms with van der Waals surface area (Å²) in [4.78, 5) is 26.0. The zero-order valence-corrected chi connectivity index (χ0v) is 15.8. The Labute approximate surface area is 163 Å². The minimum atomic E-state index is -0.588. The first-order valence-electron chi connectivity index (χ1n) is 9.05. The van der Waals surface area contributed by atoms with E-state index in [0.717, 1.165) is 5.56 Å². The molecule has 1 aliphatic heterocycles. The molecule has 0 atom stereocenters. The molecular formula is C21H23NO6. The van der Waals surface area contributed by atoms with Crippen LogP contribution in [0.3, 0.4) is 0 Å². The van der Waals surface area contributed by atoms with E-state index in [1.807, 2.05) is 30.3 Å². The van der Waals surface area contributed by atoms with Crippen molar-refractivity contribution >= 4 is 11.9 Å². The second-order valence-corrected chi connectivity index (χ2v) is 6.21. The molecule has 2 aromatic rings. The van der Waals surface area contributed by atoms with Gasteiger partial charge in [-0.15, -0.1) is 0 Å². The predicted molar refractivity (Wildman–Crippen MR) is 101 cm³/mol. The Bertz CT molecular complexity index is 802. The molecule has 2 aromatic carbocycles. The molecule has 1 aliphatic rings. The molecular weight excluding hydrogens is 362 g/mol. The van der Waals surface area contributed by atoms with E-state index in [0.29, 0.717) is 50.0 Å². The van der Waals surface area contributed by atoms with Gasteiger partial charge in [-0.2, -0.15) is 0 Å². The number of hydrogen-bond acceptors (Lipinski definition) is 6. The van der Waals surface area contributed by atoms with Gasteiger partial charge in [0.05, 0.1) is 25.9 Å². The molecule has 7 heteroatoms. The number of rotatable bonds is 7. The first kappa shape index (κ1) is 19.7. The van der Waals surface area contributed by atoms with Crippen LogP contribution in [0.2, 0.25) is 0 Å². The van der Waals surface area contributed by atoms with Crippen LogP contribution in [0, 0.1) is 0 Å². The highest BCUT2D eigenvalue weighted by atomic mass is 16.5. The van der Waals surface area contributed by atoms with E-state index in [4.69, 9.17) is 18.9 Å². The maximum Gasteiger partial charge on any atom is 0.338 e. The molecule has 0 unspecified atom stereocenters. The molecule has 0 radical (unpaired) electrons. The topological polar surface area (TPSA) is 74.3 Å². The molecule has 28 heavy (non-hydrogen) atoms. The van der Waals surface area contributed by atoms with Gasteiger partial charge >= 0.3 is 5.97 Å².